The summed E-state index contributed by atoms with van der Waals surface area (Å²) in [5, 5.41) is 21.6. The molecule has 2 heterocycles. The summed E-state index contributed by atoms with van der Waals surface area (Å²) in [5.41, 5.74) is 3.86. The number of anilines is 1. The monoisotopic (exact) mass is 323 g/mol. The first-order valence-corrected chi connectivity index (χ1v) is 8.42. The lowest BCUT2D eigenvalue weighted by Gasteiger charge is -2.26. The molecular formula is C18H21N5O. The van der Waals surface area contributed by atoms with Crippen LogP contribution in [0.15, 0.2) is 30.5 Å². The van der Waals surface area contributed by atoms with Crippen molar-refractivity contribution in [3.8, 4) is 11.4 Å². The summed E-state index contributed by atoms with van der Waals surface area (Å²) in [6.07, 6.45) is 5.16. The number of H-pyrrole nitrogens is 1. The number of aryl methyl sites for hydroxylation is 1. The lowest BCUT2D eigenvalue weighted by Crippen LogP contribution is -2.28. The topological polar surface area (TPSA) is 86.7 Å². The zero-order valence-electron chi connectivity index (χ0n) is 13.7. The van der Waals surface area contributed by atoms with Gasteiger partial charge in [-0.15, -0.1) is 0 Å². The van der Waals surface area contributed by atoms with Crippen LogP contribution in [0.2, 0.25) is 0 Å². The summed E-state index contributed by atoms with van der Waals surface area (Å²) < 4.78 is 0. The first-order chi connectivity index (χ1) is 11.7. The van der Waals surface area contributed by atoms with Gasteiger partial charge in [-0.2, -0.15) is 5.10 Å². The highest BCUT2D eigenvalue weighted by atomic mass is 16.3. The highest BCUT2D eigenvalue weighted by molar-refractivity contribution is 5.93. The van der Waals surface area contributed by atoms with E-state index in [0.717, 1.165) is 48.0 Å². The fraction of sp³-hybridized carbons (Fsp3) is 0.389. The maximum atomic E-state index is 9.61. The number of benzene rings is 1. The molecule has 0 bridgehead atoms. The van der Waals surface area contributed by atoms with Gasteiger partial charge >= 0.3 is 0 Å². The fourth-order valence-electron chi connectivity index (χ4n) is 3.34. The molecule has 0 aliphatic heterocycles. The van der Waals surface area contributed by atoms with E-state index in [1.165, 1.54) is 5.56 Å². The second-order valence-corrected chi connectivity index (χ2v) is 6.48. The van der Waals surface area contributed by atoms with Gasteiger partial charge in [-0.1, -0.05) is 18.2 Å². The van der Waals surface area contributed by atoms with Crippen LogP contribution >= 0.6 is 0 Å². The highest BCUT2D eigenvalue weighted by Gasteiger charge is 2.20. The number of nitrogens with zero attached hydrogens (tertiary/aromatic N) is 3. The van der Waals surface area contributed by atoms with E-state index in [1.54, 1.807) is 6.20 Å². The van der Waals surface area contributed by atoms with Gasteiger partial charge in [0, 0.05) is 17.6 Å². The molecule has 1 aliphatic rings. The fourth-order valence-corrected chi connectivity index (χ4v) is 3.34. The normalized spacial score (nSPS) is 21.1. The largest absolute Gasteiger partial charge is 0.393 e. The Kier molecular flexibility index (Phi) is 3.90. The number of aliphatic hydroxyl groups excluding tert-OH is 1. The van der Waals surface area contributed by atoms with Gasteiger partial charge in [0.1, 0.15) is 5.69 Å². The Labute approximate surface area is 140 Å². The smallest absolute Gasteiger partial charge is 0.223 e. The average Bonchev–Trinajstić information content (AvgIpc) is 3.03. The van der Waals surface area contributed by atoms with Crippen LogP contribution < -0.4 is 5.32 Å². The molecule has 2 aromatic heterocycles. The number of aromatic amines is 1. The van der Waals surface area contributed by atoms with Crippen molar-refractivity contribution in [1.29, 1.82) is 0 Å². The van der Waals surface area contributed by atoms with Crippen LogP contribution in [0.3, 0.4) is 0 Å². The van der Waals surface area contributed by atoms with Crippen LogP contribution in [0, 0.1) is 6.92 Å². The van der Waals surface area contributed by atoms with Crippen molar-refractivity contribution in [1.82, 2.24) is 20.2 Å². The molecule has 0 saturated heterocycles. The lowest BCUT2D eigenvalue weighted by atomic mass is 9.93. The Hall–Kier alpha value is -2.47. The van der Waals surface area contributed by atoms with Crippen molar-refractivity contribution in [3.63, 3.8) is 0 Å². The molecule has 3 aromatic rings. The highest BCUT2D eigenvalue weighted by Crippen LogP contribution is 2.27. The molecule has 124 valence electrons. The number of aromatic nitrogens is 4. The zero-order valence-corrected chi connectivity index (χ0v) is 13.7. The Morgan fingerprint density at radius 1 is 1.17 bits per heavy atom. The van der Waals surface area contributed by atoms with Crippen LogP contribution in [-0.2, 0) is 0 Å². The first-order valence-electron chi connectivity index (χ1n) is 8.42. The Balaban J connectivity index is 1.61. The second-order valence-electron chi connectivity index (χ2n) is 6.48. The van der Waals surface area contributed by atoms with E-state index >= 15 is 0 Å². The van der Waals surface area contributed by atoms with Crippen molar-refractivity contribution in [2.45, 2.75) is 44.8 Å². The van der Waals surface area contributed by atoms with Crippen molar-refractivity contribution in [2.75, 3.05) is 5.32 Å². The van der Waals surface area contributed by atoms with E-state index in [4.69, 9.17) is 0 Å². The number of nitrogens with one attached hydrogen (secondary N) is 2. The van der Waals surface area contributed by atoms with Gasteiger partial charge in [-0.05, 0) is 44.2 Å². The summed E-state index contributed by atoms with van der Waals surface area (Å²) in [7, 11) is 0. The molecule has 0 atom stereocenters. The molecular weight excluding hydrogens is 302 g/mol. The molecule has 6 heteroatoms. The minimum absolute atomic E-state index is 0.158. The van der Waals surface area contributed by atoms with Crippen molar-refractivity contribution in [2.24, 2.45) is 0 Å². The minimum Gasteiger partial charge on any atom is -0.393 e. The first kappa shape index (κ1) is 15.1. The SMILES string of the molecule is Cc1cccc2c(-c3ccnc(NC4CCC(O)CC4)n3)n[nH]c12. The van der Waals surface area contributed by atoms with Gasteiger partial charge in [0.05, 0.1) is 17.3 Å². The van der Waals surface area contributed by atoms with Crippen molar-refractivity contribution >= 4 is 16.9 Å². The molecule has 0 spiro atoms. The number of hydrogen-bond donors (Lipinski definition) is 3. The van der Waals surface area contributed by atoms with Gasteiger partial charge in [0.15, 0.2) is 0 Å². The Morgan fingerprint density at radius 3 is 2.83 bits per heavy atom. The number of aliphatic hydroxyl groups is 1. The average molecular weight is 323 g/mol. The third-order valence-electron chi connectivity index (χ3n) is 4.74. The molecule has 1 aromatic carbocycles. The molecule has 1 aliphatic carbocycles. The summed E-state index contributed by atoms with van der Waals surface area (Å²) in [4.78, 5) is 8.98. The number of para-hydroxylation sites is 1. The van der Waals surface area contributed by atoms with Crippen LogP contribution in [0.4, 0.5) is 5.95 Å². The molecule has 4 rings (SSSR count). The summed E-state index contributed by atoms with van der Waals surface area (Å²) in [6.45, 7) is 2.06. The van der Waals surface area contributed by atoms with Crippen molar-refractivity contribution < 1.29 is 5.11 Å². The predicted molar refractivity (Wildman–Crippen MR) is 93.7 cm³/mol. The van der Waals surface area contributed by atoms with E-state index in [-0.39, 0.29) is 6.10 Å². The molecule has 3 N–H and O–H groups in total. The van der Waals surface area contributed by atoms with E-state index in [0.29, 0.717) is 12.0 Å². The van der Waals surface area contributed by atoms with Gasteiger partial charge < -0.3 is 10.4 Å². The standard InChI is InChI=1S/C18H21N5O/c1-11-3-2-4-14-16(11)22-23-17(14)15-9-10-19-18(21-15)20-12-5-7-13(24)8-6-12/h2-4,9-10,12-13,24H,5-8H2,1H3,(H,22,23)(H,19,20,21). The van der Waals surface area contributed by atoms with Gasteiger partial charge in [-0.3, -0.25) is 5.10 Å². The van der Waals surface area contributed by atoms with Crippen LogP contribution in [0.25, 0.3) is 22.3 Å². The molecule has 6 nitrogen and oxygen atoms in total. The molecule has 1 saturated carbocycles. The maximum absolute atomic E-state index is 9.61. The number of rotatable bonds is 3. The molecule has 0 unspecified atom stereocenters. The van der Waals surface area contributed by atoms with E-state index in [1.807, 2.05) is 12.1 Å². The number of hydrogen-bond acceptors (Lipinski definition) is 5. The Bertz CT molecular complexity index is 851. The van der Waals surface area contributed by atoms with E-state index in [2.05, 4.69) is 44.5 Å². The quantitative estimate of drug-likeness (QED) is 0.689. The summed E-state index contributed by atoms with van der Waals surface area (Å²) in [5.74, 6) is 0.623. The van der Waals surface area contributed by atoms with Crippen LogP contribution in [0.5, 0.6) is 0 Å². The summed E-state index contributed by atoms with van der Waals surface area (Å²) in [6, 6.07) is 8.35. The van der Waals surface area contributed by atoms with Gasteiger partial charge in [0.25, 0.3) is 0 Å². The maximum Gasteiger partial charge on any atom is 0.223 e. The second kappa shape index (κ2) is 6.20. The van der Waals surface area contributed by atoms with E-state index in [9.17, 15) is 5.11 Å². The predicted octanol–water partition coefficient (Wildman–Crippen LogP) is 3.04. The Morgan fingerprint density at radius 2 is 2.00 bits per heavy atom. The molecule has 1 fully saturated rings. The van der Waals surface area contributed by atoms with Gasteiger partial charge in [-0.25, -0.2) is 9.97 Å². The minimum atomic E-state index is -0.158. The zero-order chi connectivity index (χ0) is 16.5. The van der Waals surface area contributed by atoms with Crippen LogP contribution in [0.1, 0.15) is 31.2 Å². The summed E-state index contributed by atoms with van der Waals surface area (Å²) >= 11 is 0. The van der Waals surface area contributed by atoms with Crippen molar-refractivity contribution in [3.05, 3.63) is 36.0 Å². The van der Waals surface area contributed by atoms with E-state index < -0.39 is 0 Å². The molecule has 0 radical (unpaired) electrons. The van der Waals surface area contributed by atoms with Gasteiger partial charge in [0.2, 0.25) is 5.95 Å². The number of fused-ring (bicyclic) bond motifs is 1. The molecule has 0 amide bonds. The van der Waals surface area contributed by atoms with Crippen LogP contribution in [-0.4, -0.2) is 37.4 Å². The lowest BCUT2D eigenvalue weighted by molar-refractivity contribution is 0.126. The third kappa shape index (κ3) is 2.85. The third-order valence-corrected chi connectivity index (χ3v) is 4.74. The molecule has 24 heavy (non-hydrogen) atoms.